The maximum Gasteiger partial charge on any atom is 0.205 e. The number of nitrogens with two attached hydrogens (primary N) is 1. The molecule has 4 aromatic carbocycles. The van der Waals surface area contributed by atoms with Gasteiger partial charge < -0.3 is 15.2 Å². The maximum absolute atomic E-state index is 13.8. The van der Waals surface area contributed by atoms with E-state index >= 15 is 0 Å². The summed E-state index contributed by atoms with van der Waals surface area (Å²) in [6, 6.07) is 28.1. The summed E-state index contributed by atoms with van der Waals surface area (Å²) >= 11 is 0. The van der Waals surface area contributed by atoms with Crippen LogP contribution in [0.5, 0.6) is 11.5 Å². The molecule has 32 heavy (non-hydrogen) atoms. The Morgan fingerprint density at radius 3 is 2.47 bits per heavy atom. The van der Waals surface area contributed by atoms with Crippen LogP contribution in [0.25, 0.3) is 10.8 Å². The minimum absolute atomic E-state index is 0.112. The lowest BCUT2D eigenvalue weighted by Crippen LogP contribution is -2.21. The fraction of sp³-hybridized carbons (Fsp3) is 0.0741. The smallest absolute Gasteiger partial charge is 0.205 e. The SMILES string of the molecule is N#CC1=C(N)Oc2c(ccc3ccccc23)[C@H]1c1ccc(OCc2ccccc2F)cc1. The number of rotatable bonds is 4. The van der Waals surface area contributed by atoms with Gasteiger partial charge in [0.15, 0.2) is 0 Å². The Balaban J connectivity index is 1.49. The molecule has 0 aliphatic carbocycles. The minimum Gasteiger partial charge on any atom is -0.489 e. The molecule has 1 aliphatic rings. The summed E-state index contributed by atoms with van der Waals surface area (Å²) in [5, 5.41) is 11.8. The summed E-state index contributed by atoms with van der Waals surface area (Å²) in [6.45, 7) is 0.133. The molecule has 1 heterocycles. The lowest BCUT2D eigenvalue weighted by Gasteiger charge is -2.27. The maximum atomic E-state index is 13.8. The summed E-state index contributed by atoms with van der Waals surface area (Å²) in [7, 11) is 0. The Morgan fingerprint density at radius 2 is 1.69 bits per heavy atom. The van der Waals surface area contributed by atoms with Crippen LogP contribution in [0.3, 0.4) is 0 Å². The van der Waals surface area contributed by atoms with E-state index in [4.69, 9.17) is 15.2 Å². The number of benzene rings is 4. The predicted molar refractivity (Wildman–Crippen MR) is 120 cm³/mol. The molecule has 4 nitrogen and oxygen atoms in total. The molecule has 5 rings (SSSR count). The van der Waals surface area contributed by atoms with E-state index in [2.05, 4.69) is 6.07 Å². The van der Waals surface area contributed by atoms with Crippen molar-refractivity contribution in [2.24, 2.45) is 5.73 Å². The van der Waals surface area contributed by atoms with Gasteiger partial charge in [0, 0.05) is 16.5 Å². The highest BCUT2D eigenvalue weighted by Gasteiger charge is 2.31. The second-order valence-corrected chi connectivity index (χ2v) is 7.58. The third kappa shape index (κ3) is 3.42. The largest absolute Gasteiger partial charge is 0.489 e. The van der Waals surface area contributed by atoms with Gasteiger partial charge in [0.2, 0.25) is 5.88 Å². The minimum atomic E-state index is -0.353. The van der Waals surface area contributed by atoms with Gasteiger partial charge in [-0.3, -0.25) is 0 Å². The molecule has 0 amide bonds. The van der Waals surface area contributed by atoms with E-state index in [1.807, 2.05) is 60.7 Å². The number of ether oxygens (including phenoxy) is 2. The molecular formula is C27H19FN2O2. The van der Waals surface area contributed by atoms with Crippen LogP contribution < -0.4 is 15.2 Å². The summed E-state index contributed by atoms with van der Waals surface area (Å²) in [5.74, 6) is 0.743. The fourth-order valence-corrected chi connectivity index (χ4v) is 4.06. The van der Waals surface area contributed by atoms with E-state index in [1.165, 1.54) is 6.07 Å². The van der Waals surface area contributed by atoms with Crippen molar-refractivity contribution in [2.45, 2.75) is 12.5 Å². The van der Waals surface area contributed by atoms with Crippen molar-refractivity contribution >= 4 is 10.8 Å². The van der Waals surface area contributed by atoms with E-state index in [9.17, 15) is 9.65 Å². The van der Waals surface area contributed by atoms with Crippen molar-refractivity contribution in [3.8, 4) is 17.6 Å². The first-order chi connectivity index (χ1) is 15.7. The molecule has 1 aliphatic heterocycles. The highest BCUT2D eigenvalue weighted by atomic mass is 19.1. The normalized spacial score (nSPS) is 15.1. The van der Waals surface area contributed by atoms with Crippen LogP contribution in [0, 0.1) is 17.1 Å². The molecule has 1 atom stereocenters. The monoisotopic (exact) mass is 422 g/mol. The van der Waals surface area contributed by atoms with Crippen molar-refractivity contribution < 1.29 is 13.9 Å². The van der Waals surface area contributed by atoms with Gasteiger partial charge in [0.25, 0.3) is 0 Å². The zero-order valence-corrected chi connectivity index (χ0v) is 17.1. The predicted octanol–water partition coefficient (Wildman–Crippen LogP) is 5.78. The van der Waals surface area contributed by atoms with Crippen molar-refractivity contribution in [1.82, 2.24) is 0 Å². The molecule has 0 aromatic heterocycles. The topological polar surface area (TPSA) is 68.3 Å². The molecule has 156 valence electrons. The number of hydrogen-bond acceptors (Lipinski definition) is 4. The molecule has 4 aromatic rings. The van der Waals surface area contributed by atoms with Crippen molar-refractivity contribution in [2.75, 3.05) is 0 Å². The van der Waals surface area contributed by atoms with Gasteiger partial charge in [-0.15, -0.1) is 0 Å². The molecule has 0 saturated carbocycles. The highest BCUT2D eigenvalue weighted by Crippen LogP contribution is 2.45. The Kier molecular flexibility index (Phi) is 4.97. The molecule has 5 heteroatoms. The lowest BCUT2D eigenvalue weighted by atomic mass is 9.82. The van der Waals surface area contributed by atoms with E-state index in [0.717, 1.165) is 21.9 Å². The standard InChI is InChI=1S/C27H19FN2O2/c28-24-8-4-2-6-19(24)16-31-20-12-9-18(10-13-20)25-22-14-11-17-5-1-3-7-21(17)26(22)32-27(30)23(25)15-29/h1-14,25H,16,30H2/t25-/m1/s1. The van der Waals surface area contributed by atoms with E-state index in [-0.39, 0.29) is 24.2 Å². The van der Waals surface area contributed by atoms with Crippen LogP contribution in [-0.2, 0) is 6.61 Å². The lowest BCUT2D eigenvalue weighted by molar-refractivity contribution is 0.300. The van der Waals surface area contributed by atoms with Crippen molar-refractivity contribution in [3.05, 3.63) is 119 Å². The van der Waals surface area contributed by atoms with Gasteiger partial charge in [0.1, 0.15) is 35.6 Å². The Hall–Kier alpha value is -4.30. The molecule has 0 spiro atoms. The Labute approximate surface area is 184 Å². The van der Waals surface area contributed by atoms with Crippen LogP contribution in [0.4, 0.5) is 4.39 Å². The van der Waals surface area contributed by atoms with Crippen molar-refractivity contribution in [3.63, 3.8) is 0 Å². The van der Waals surface area contributed by atoms with Gasteiger partial charge >= 0.3 is 0 Å². The quantitative estimate of drug-likeness (QED) is 0.453. The van der Waals surface area contributed by atoms with Crippen LogP contribution in [0.15, 0.2) is 96.4 Å². The first-order valence-electron chi connectivity index (χ1n) is 10.2. The molecule has 0 fully saturated rings. The number of fused-ring (bicyclic) bond motifs is 3. The van der Waals surface area contributed by atoms with Crippen LogP contribution in [0.2, 0.25) is 0 Å². The highest BCUT2D eigenvalue weighted by molar-refractivity contribution is 5.90. The van der Waals surface area contributed by atoms with Gasteiger partial charge in [-0.1, -0.05) is 66.7 Å². The molecule has 0 bridgehead atoms. The van der Waals surface area contributed by atoms with Gasteiger partial charge in [-0.25, -0.2) is 4.39 Å². The van der Waals surface area contributed by atoms with Crippen LogP contribution >= 0.6 is 0 Å². The second-order valence-electron chi connectivity index (χ2n) is 7.58. The first-order valence-corrected chi connectivity index (χ1v) is 10.2. The van der Waals surface area contributed by atoms with E-state index < -0.39 is 0 Å². The molecule has 2 N–H and O–H groups in total. The molecule has 0 radical (unpaired) electrons. The average Bonchev–Trinajstić information content (AvgIpc) is 2.83. The van der Waals surface area contributed by atoms with E-state index in [0.29, 0.717) is 22.6 Å². The fourth-order valence-electron chi connectivity index (χ4n) is 4.06. The molecule has 0 saturated heterocycles. The first kappa shape index (κ1) is 19.7. The van der Waals surface area contributed by atoms with Crippen LogP contribution in [-0.4, -0.2) is 0 Å². The number of nitrogens with zero attached hydrogens (tertiary/aromatic N) is 1. The number of hydrogen-bond donors (Lipinski definition) is 1. The van der Waals surface area contributed by atoms with Gasteiger partial charge in [0.05, 0.1) is 5.92 Å². The molecular weight excluding hydrogens is 403 g/mol. The van der Waals surface area contributed by atoms with E-state index in [1.54, 1.807) is 18.2 Å². The van der Waals surface area contributed by atoms with Crippen LogP contribution in [0.1, 0.15) is 22.6 Å². The Bertz CT molecular complexity index is 1390. The van der Waals surface area contributed by atoms with Gasteiger partial charge in [-0.2, -0.15) is 5.26 Å². The average molecular weight is 422 g/mol. The number of halogens is 1. The number of nitriles is 1. The second kappa shape index (κ2) is 8.09. The Morgan fingerprint density at radius 1 is 0.938 bits per heavy atom. The summed E-state index contributed by atoms with van der Waals surface area (Å²) < 4.78 is 25.5. The van der Waals surface area contributed by atoms with Gasteiger partial charge in [-0.05, 0) is 29.1 Å². The summed E-state index contributed by atoms with van der Waals surface area (Å²) in [6.07, 6.45) is 0. The molecule has 0 unspecified atom stereocenters. The summed E-state index contributed by atoms with van der Waals surface area (Å²) in [4.78, 5) is 0. The third-order valence-electron chi connectivity index (χ3n) is 5.67. The zero-order chi connectivity index (χ0) is 22.1. The summed E-state index contributed by atoms with van der Waals surface area (Å²) in [5.41, 5.74) is 8.79. The number of allylic oxidation sites excluding steroid dienone is 1. The third-order valence-corrected chi connectivity index (χ3v) is 5.67. The van der Waals surface area contributed by atoms with Crippen molar-refractivity contribution in [1.29, 1.82) is 5.26 Å². The zero-order valence-electron chi connectivity index (χ0n) is 17.1.